The molecule has 0 saturated carbocycles. The molecule has 5 nitrogen and oxygen atoms in total. The van der Waals surface area contributed by atoms with Gasteiger partial charge in [0.05, 0.1) is 23.9 Å². The summed E-state index contributed by atoms with van der Waals surface area (Å²) in [5.74, 6) is 0. The van der Waals surface area contributed by atoms with Gasteiger partial charge in [-0.15, -0.1) is 0 Å². The average Bonchev–Trinajstić information content (AvgIpc) is 2.82. The van der Waals surface area contributed by atoms with Crippen LogP contribution in [0.2, 0.25) is 0 Å². The quantitative estimate of drug-likeness (QED) is 0.879. The zero-order valence-corrected chi connectivity index (χ0v) is 11.2. The Kier molecular flexibility index (Phi) is 4.18. The van der Waals surface area contributed by atoms with Crippen molar-refractivity contribution in [1.29, 1.82) is 5.26 Å². The summed E-state index contributed by atoms with van der Waals surface area (Å²) in [5.41, 5.74) is 0.916. The highest BCUT2D eigenvalue weighted by Crippen LogP contribution is 2.20. The molecule has 2 N–H and O–H groups in total. The molecule has 0 bridgehead atoms. The van der Waals surface area contributed by atoms with E-state index < -0.39 is 0 Å². The van der Waals surface area contributed by atoms with E-state index in [0.717, 1.165) is 10.9 Å². The number of hydrogen-bond donors (Lipinski definition) is 2. The Hall–Kier alpha value is -1.58. The molecule has 0 spiro atoms. The standard InChI is InChI=1S/C12H12BrN3O2/c13-9-2-1-8(6-14)11(5-9)16-12(17)15-10-3-4-18-7-10/h1-2,5,10H,3-4,7H2,(H2,15,16,17). The van der Waals surface area contributed by atoms with Crippen molar-refractivity contribution in [2.24, 2.45) is 0 Å². The Balaban J connectivity index is 2.02. The molecule has 2 amide bonds. The number of nitriles is 1. The number of halogens is 1. The van der Waals surface area contributed by atoms with E-state index in [1.54, 1.807) is 18.2 Å². The molecule has 0 aromatic heterocycles. The van der Waals surface area contributed by atoms with Crippen molar-refractivity contribution in [2.45, 2.75) is 12.5 Å². The summed E-state index contributed by atoms with van der Waals surface area (Å²) < 4.78 is 5.98. The van der Waals surface area contributed by atoms with Crippen LogP contribution in [0.25, 0.3) is 0 Å². The van der Waals surface area contributed by atoms with Crippen molar-refractivity contribution in [3.8, 4) is 6.07 Å². The van der Waals surface area contributed by atoms with Crippen LogP contribution < -0.4 is 10.6 Å². The monoisotopic (exact) mass is 309 g/mol. The highest BCUT2D eigenvalue weighted by molar-refractivity contribution is 9.10. The van der Waals surface area contributed by atoms with Gasteiger partial charge in [-0.05, 0) is 24.6 Å². The third-order valence-electron chi connectivity index (χ3n) is 2.62. The largest absolute Gasteiger partial charge is 0.379 e. The fourth-order valence-electron chi connectivity index (χ4n) is 1.71. The second-order valence-electron chi connectivity index (χ2n) is 3.96. The van der Waals surface area contributed by atoms with Crippen LogP contribution in [0.1, 0.15) is 12.0 Å². The van der Waals surface area contributed by atoms with E-state index in [9.17, 15) is 4.79 Å². The molecular weight excluding hydrogens is 298 g/mol. The maximum atomic E-state index is 11.7. The number of rotatable bonds is 2. The van der Waals surface area contributed by atoms with E-state index in [1.165, 1.54) is 0 Å². The van der Waals surface area contributed by atoms with Gasteiger partial charge in [-0.2, -0.15) is 5.26 Å². The minimum Gasteiger partial charge on any atom is -0.379 e. The fraction of sp³-hybridized carbons (Fsp3) is 0.333. The van der Waals surface area contributed by atoms with Crippen LogP contribution in [0.15, 0.2) is 22.7 Å². The fourth-order valence-corrected chi connectivity index (χ4v) is 2.07. The van der Waals surface area contributed by atoms with Crippen LogP contribution in [-0.2, 0) is 4.74 Å². The van der Waals surface area contributed by atoms with Gasteiger partial charge >= 0.3 is 6.03 Å². The van der Waals surface area contributed by atoms with Gasteiger partial charge < -0.3 is 15.4 Å². The second kappa shape index (κ2) is 5.85. The van der Waals surface area contributed by atoms with Gasteiger partial charge in [0.1, 0.15) is 6.07 Å². The molecule has 1 saturated heterocycles. The van der Waals surface area contributed by atoms with Gasteiger partial charge in [-0.3, -0.25) is 0 Å². The molecule has 1 heterocycles. The van der Waals surface area contributed by atoms with Crippen LogP contribution in [0, 0.1) is 11.3 Å². The number of amides is 2. The smallest absolute Gasteiger partial charge is 0.319 e. The zero-order chi connectivity index (χ0) is 13.0. The predicted molar refractivity (Wildman–Crippen MR) is 70.2 cm³/mol. The number of anilines is 1. The van der Waals surface area contributed by atoms with Gasteiger partial charge in [0.25, 0.3) is 0 Å². The highest BCUT2D eigenvalue weighted by atomic mass is 79.9. The summed E-state index contributed by atoms with van der Waals surface area (Å²) in [6.45, 7) is 1.21. The molecule has 1 fully saturated rings. The minimum absolute atomic E-state index is 0.0442. The summed E-state index contributed by atoms with van der Waals surface area (Å²) >= 11 is 3.30. The van der Waals surface area contributed by atoms with E-state index >= 15 is 0 Å². The third kappa shape index (κ3) is 3.22. The van der Waals surface area contributed by atoms with Gasteiger partial charge in [-0.25, -0.2) is 4.79 Å². The molecule has 94 valence electrons. The normalized spacial score (nSPS) is 18.1. The van der Waals surface area contributed by atoms with Gasteiger partial charge in [0.2, 0.25) is 0 Å². The summed E-state index contributed by atoms with van der Waals surface area (Å²) in [6.07, 6.45) is 0.816. The van der Waals surface area contributed by atoms with Crippen LogP contribution in [-0.4, -0.2) is 25.3 Å². The first kappa shape index (κ1) is 12.9. The molecule has 18 heavy (non-hydrogen) atoms. The van der Waals surface area contributed by atoms with Crippen molar-refractivity contribution in [1.82, 2.24) is 5.32 Å². The second-order valence-corrected chi connectivity index (χ2v) is 4.88. The van der Waals surface area contributed by atoms with Crippen molar-refractivity contribution in [3.05, 3.63) is 28.2 Å². The van der Waals surface area contributed by atoms with Crippen LogP contribution >= 0.6 is 15.9 Å². The number of hydrogen-bond acceptors (Lipinski definition) is 3. The molecule has 1 aromatic rings. The molecule has 0 radical (unpaired) electrons. The first-order chi connectivity index (χ1) is 8.69. The number of nitrogens with one attached hydrogen (secondary N) is 2. The Labute approximate surface area is 113 Å². The third-order valence-corrected chi connectivity index (χ3v) is 3.11. The lowest BCUT2D eigenvalue weighted by Gasteiger charge is -2.12. The summed E-state index contributed by atoms with van der Waals surface area (Å²) in [5, 5.41) is 14.4. The van der Waals surface area contributed by atoms with Gasteiger partial charge in [0.15, 0.2) is 0 Å². The summed E-state index contributed by atoms with van der Waals surface area (Å²) in [7, 11) is 0. The molecule has 1 unspecified atom stereocenters. The first-order valence-corrected chi connectivity index (χ1v) is 6.33. The summed E-state index contributed by atoms with van der Waals surface area (Å²) in [4.78, 5) is 11.7. The molecule has 1 atom stereocenters. The molecule has 6 heteroatoms. The maximum absolute atomic E-state index is 11.7. The minimum atomic E-state index is -0.319. The Morgan fingerprint density at radius 1 is 1.56 bits per heavy atom. The van der Waals surface area contributed by atoms with E-state index in [4.69, 9.17) is 10.00 Å². The summed E-state index contributed by atoms with van der Waals surface area (Å²) in [6, 6.07) is 6.86. The number of carbonyl (C=O) groups is 1. The molecule has 1 aliphatic rings. The number of ether oxygens (including phenoxy) is 1. The van der Waals surface area contributed by atoms with Crippen molar-refractivity contribution in [2.75, 3.05) is 18.5 Å². The maximum Gasteiger partial charge on any atom is 0.319 e. The van der Waals surface area contributed by atoms with Crippen LogP contribution in [0.3, 0.4) is 0 Å². The Bertz CT molecular complexity index is 493. The topological polar surface area (TPSA) is 74.2 Å². The van der Waals surface area contributed by atoms with Crippen LogP contribution in [0.4, 0.5) is 10.5 Å². The zero-order valence-electron chi connectivity index (χ0n) is 9.57. The van der Waals surface area contributed by atoms with Crippen molar-refractivity contribution >= 4 is 27.6 Å². The molecule has 1 aromatic carbocycles. The van der Waals surface area contributed by atoms with E-state index in [0.29, 0.717) is 24.5 Å². The van der Waals surface area contributed by atoms with Crippen molar-refractivity contribution in [3.63, 3.8) is 0 Å². The number of nitrogens with zero attached hydrogens (tertiary/aromatic N) is 1. The molecular formula is C12H12BrN3O2. The number of carbonyl (C=O) groups excluding carboxylic acids is 1. The molecule has 0 aliphatic carbocycles. The van der Waals surface area contributed by atoms with Gasteiger partial charge in [-0.1, -0.05) is 15.9 Å². The lowest BCUT2D eigenvalue weighted by atomic mass is 10.2. The van der Waals surface area contributed by atoms with Crippen LogP contribution in [0.5, 0.6) is 0 Å². The van der Waals surface area contributed by atoms with Crippen molar-refractivity contribution < 1.29 is 9.53 Å². The predicted octanol–water partition coefficient (Wildman–Crippen LogP) is 2.23. The van der Waals surface area contributed by atoms with Gasteiger partial charge in [0, 0.05) is 11.1 Å². The van der Waals surface area contributed by atoms with E-state index in [-0.39, 0.29) is 12.1 Å². The lowest BCUT2D eigenvalue weighted by Crippen LogP contribution is -2.38. The highest BCUT2D eigenvalue weighted by Gasteiger charge is 2.18. The Morgan fingerprint density at radius 3 is 3.06 bits per heavy atom. The average molecular weight is 310 g/mol. The molecule has 1 aliphatic heterocycles. The Morgan fingerprint density at radius 2 is 2.39 bits per heavy atom. The number of urea groups is 1. The molecule has 2 rings (SSSR count). The van der Waals surface area contributed by atoms with E-state index in [2.05, 4.69) is 26.6 Å². The van der Waals surface area contributed by atoms with E-state index in [1.807, 2.05) is 6.07 Å². The lowest BCUT2D eigenvalue weighted by molar-refractivity contribution is 0.189. The SMILES string of the molecule is N#Cc1ccc(Br)cc1NC(=O)NC1CCOC1. The first-order valence-electron chi connectivity index (χ1n) is 5.54. The number of benzene rings is 1.